The SMILES string of the molecule is Cc1cccc(C)c1CS(=O)(=O)c1cccc(C(=O)O)c1. The molecule has 0 aliphatic heterocycles. The van der Waals surface area contributed by atoms with Crippen LogP contribution in [0.3, 0.4) is 0 Å². The molecule has 0 radical (unpaired) electrons. The van der Waals surface area contributed by atoms with Crippen LogP contribution in [0.4, 0.5) is 0 Å². The highest BCUT2D eigenvalue weighted by atomic mass is 32.2. The highest BCUT2D eigenvalue weighted by Crippen LogP contribution is 2.22. The van der Waals surface area contributed by atoms with Gasteiger partial charge in [0.25, 0.3) is 0 Å². The van der Waals surface area contributed by atoms with Crippen LogP contribution in [0.2, 0.25) is 0 Å². The molecule has 0 aromatic heterocycles. The van der Waals surface area contributed by atoms with Crippen LogP contribution < -0.4 is 0 Å². The number of aromatic carboxylic acids is 1. The second-order valence-corrected chi connectivity index (χ2v) is 6.95. The Balaban J connectivity index is 2.44. The largest absolute Gasteiger partial charge is 0.478 e. The highest BCUT2D eigenvalue weighted by Gasteiger charge is 2.19. The molecule has 110 valence electrons. The lowest BCUT2D eigenvalue weighted by Crippen LogP contribution is -2.09. The molecular formula is C16H16O4S. The lowest BCUT2D eigenvalue weighted by Gasteiger charge is -2.11. The fourth-order valence-electron chi connectivity index (χ4n) is 2.17. The van der Waals surface area contributed by atoms with Crippen LogP contribution in [0, 0.1) is 13.8 Å². The van der Waals surface area contributed by atoms with Gasteiger partial charge in [-0.15, -0.1) is 0 Å². The Bertz CT molecular complexity index is 771. The standard InChI is InChI=1S/C16H16O4S/c1-11-5-3-6-12(2)15(11)10-21(19,20)14-8-4-7-13(9-14)16(17)18/h3-9H,10H2,1-2H3,(H,17,18). The van der Waals surface area contributed by atoms with Crippen LogP contribution in [0.15, 0.2) is 47.4 Å². The number of carboxylic acids is 1. The number of carboxylic acid groups (broad SMARTS) is 1. The van der Waals surface area contributed by atoms with Crippen molar-refractivity contribution in [3.05, 3.63) is 64.7 Å². The fraction of sp³-hybridized carbons (Fsp3) is 0.188. The van der Waals surface area contributed by atoms with E-state index in [0.717, 1.165) is 16.7 Å². The summed E-state index contributed by atoms with van der Waals surface area (Å²) in [7, 11) is -3.58. The van der Waals surface area contributed by atoms with E-state index in [9.17, 15) is 13.2 Å². The number of hydrogen-bond donors (Lipinski definition) is 1. The maximum atomic E-state index is 12.5. The molecule has 0 atom stereocenters. The van der Waals surface area contributed by atoms with Crippen molar-refractivity contribution >= 4 is 15.8 Å². The molecule has 2 aromatic rings. The summed E-state index contributed by atoms with van der Waals surface area (Å²) in [4.78, 5) is 11.0. The Labute approximate surface area is 124 Å². The van der Waals surface area contributed by atoms with Crippen molar-refractivity contribution in [2.24, 2.45) is 0 Å². The van der Waals surface area contributed by atoms with E-state index in [0.29, 0.717) is 0 Å². The molecule has 0 amide bonds. The third kappa shape index (κ3) is 3.31. The van der Waals surface area contributed by atoms with E-state index in [1.54, 1.807) is 0 Å². The molecule has 0 fully saturated rings. The summed E-state index contributed by atoms with van der Waals surface area (Å²) in [5, 5.41) is 8.96. The van der Waals surface area contributed by atoms with Gasteiger partial charge in [-0.1, -0.05) is 24.3 Å². The zero-order valence-corrected chi connectivity index (χ0v) is 12.6. The first kappa shape index (κ1) is 15.3. The summed E-state index contributed by atoms with van der Waals surface area (Å²) in [6, 6.07) is 11.1. The number of aryl methyl sites for hydroxylation is 2. The molecular weight excluding hydrogens is 288 g/mol. The highest BCUT2D eigenvalue weighted by molar-refractivity contribution is 7.90. The van der Waals surface area contributed by atoms with Crippen molar-refractivity contribution in [3.63, 3.8) is 0 Å². The van der Waals surface area contributed by atoms with Crippen LogP contribution in [0.25, 0.3) is 0 Å². The lowest BCUT2D eigenvalue weighted by molar-refractivity contribution is 0.0696. The molecule has 2 rings (SSSR count). The molecule has 0 spiro atoms. The van der Waals surface area contributed by atoms with E-state index < -0.39 is 15.8 Å². The fourth-order valence-corrected chi connectivity index (χ4v) is 3.77. The van der Waals surface area contributed by atoms with Crippen molar-refractivity contribution < 1.29 is 18.3 Å². The maximum Gasteiger partial charge on any atom is 0.335 e. The molecule has 1 N–H and O–H groups in total. The van der Waals surface area contributed by atoms with Gasteiger partial charge in [0.05, 0.1) is 16.2 Å². The number of carbonyl (C=O) groups is 1. The number of hydrogen-bond acceptors (Lipinski definition) is 3. The molecule has 0 heterocycles. The Kier molecular flexibility index (Phi) is 4.14. The first-order valence-electron chi connectivity index (χ1n) is 6.42. The summed E-state index contributed by atoms with van der Waals surface area (Å²) < 4.78 is 25.0. The topological polar surface area (TPSA) is 71.4 Å². The average molecular weight is 304 g/mol. The Hall–Kier alpha value is -2.14. The summed E-state index contributed by atoms with van der Waals surface area (Å²) in [5.74, 6) is -1.27. The second-order valence-electron chi connectivity index (χ2n) is 4.96. The smallest absolute Gasteiger partial charge is 0.335 e. The maximum absolute atomic E-state index is 12.5. The average Bonchev–Trinajstić information content (AvgIpc) is 2.43. The third-order valence-electron chi connectivity index (χ3n) is 3.42. The normalized spacial score (nSPS) is 11.3. The monoisotopic (exact) mass is 304 g/mol. The number of benzene rings is 2. The molecule has 0 saturated carbocycles. The summed E-state index contributed by atoms with van der Waals surface area (Å²) in [6.07, 6.45) is 0. The first-order valence-corrected chi connectivity index (χ1v) is 8.08. The van der Waals surface area contributed by atoms with Gasteiger partial charge in [-0.2, -0.15) is 0 Å². The second kappa shape index (κ2) is 5.69. The van der Waals surface area contributed by atoms with Crippen molar-refractivity contribution in [2.45, 2.75) is 24.5 Å². The van der Waals surface area contributed by atoms with Crippen molar-refractivity contribution in [1.82, 2.24) is 0 Å². The van der Waals surface area contributed by atoms with Gasteiger partial charge >= 0.3 is 5.97 Å². The summed E-state index contributed by atoms with van der Waals surface area (Å²) in [6.45, 7) is 3.73. The zero-order valence-electron chi connectivity index (χ0n) is 11.8. The molecule has 0 saturated heterocycles. The van der Waals surface area contributed by atoms with E-state index in [4.69, 9.17) is 5.11 Å². The van der Waals surface area contributed by atoms with Crippen molar-refractivity contribution in [2.75, 3.05) is 0 Å². The van der Waals surface area contributed by atoms with E-state index in [2.05, 4.69) is 0 Å². The van der Waals surface area contributed by atoms with Crippen LogP contribution in [0.1, 0.15) is 27.0 Å². The minimum atomic E-state index is -3.58. The Morgan fingerprint density at radius 1 is 1.05 bits per heavy atom. The molecule has 21 heavy (non-hydrogen) atoms. The summed E-state index contributed by atoms with van der Waals surface area (Å²) in [5.41, 5.74) is 2.55. The van der Waals surface area contributed by atoms with E-state index in [1.807, 2.05) is 32.0 Å². The van der Waals surface area contributed by atoms with Crippen molar-refractivity contribution in [1.29, 1.82) is 0 Å². The van der Waals surface area contributed by atoms with Gasteiger partial charge in [0.1, 0.15) is 0 Å². The molecule has 0 unspecified atom stereocenters. The van der Waals surface area contributed by atoms with Crippen LogP contribution >= 0.6 is 0 Å². The molecule has 0 aliphatic rings. The predicted octanol–water partition coefficient (Wildman–Crippen LogP) is 2.98. The van der Waals surface area contributed by atoms with Crippen LogP contribution in [-0.4, -0.2) is 19.5 Å². The Morgan fingerprint density at radius 3 is 2.19 bits per heavy atom. The van der Waals surface area contributed by atoms with E-state index in [-0.39, 0.29) is 16.2 Å². The quantitative estimate of drug-likeness (QED) is 0.942. The minimum Gasteiger partial charge on any atom is -0.478 e. The molecule has 0 aliphatic carbocycles. The molecule has 4 nitrogen and oxygen atoms in total. The third-order valence-corrected chi connectivity index (χ3v) is 5.06. The van der Waals surface area contributed by atoms with E-state index in [1.165, 1.54) is 24.3 Å². The van der Waals surface area contributed by atoms with Crippen LogP contribution in [-0.2, 0) is 15.6 Å². The lowest BCUT2D eigenvalue weighted by atomic mass is 10.1. The van der Waals surface area contributed by atoms with Gasteiger partial charge in [-0.25, -0.2) is 13.2 Å². The number of rotatable bonds is 4. The van der Waals surface area contributed by atoms with Crippen molar-refractivity contribution in [3.8, 4) is 0 Å². The molecule has 5 heteroatoms. The summed E-state index contributed by atoms with van der Waals surface area (Å²) >= 11 is 0. The zero-order chi connectivity index (χ0) is 15.6. The predicted molar refractivity (Wildman–Crippen MR) is 80.2 cm³/mol. The van der Waals surface area contributed by atoms with Gasteiger partial charge in [0, 0.05) is 0 Å². The van der Waals surface area contributed by atoms with Gasteiger partial charge in [0.2, 0.25) is 0 Å². The Morgan fingerprint density at radius 2 is 1.62 bits per heavy atom. The van der Waals surface area contributed by atoms with Gasteiger partial charge in [-0.05, 0) is 48.7 Å². The van der Waals surface area contributed by atoms with Gasteiger partial charge in [-0.3, -0.25) is 0 Å². The molecule has 0 bridgehead atoms. The first-order chi connectivity index (χ1) is 9.81. The van der Waals surface area contributed by atoms with E-state index >= 15 is 0 Å². The number of sulfone groups is 1. The van der Waals surface area contributed by atoms with Crippen LogP contribution in [0.5, 0.6) is 0 Å². The minimum absolute atomic E-state index is 0.0300. The van der Waals surface area contributed by atoms with Gasteiger partial charge in [0.15, 0.2) is 9.84 Å². The molecule has 2 aromatic carbocycles. The van der Waals surface area contributed by atoms with Gasteiger partial charge < -0.3 is 5.11 Å².